The minimum absolute atomic E-state index is 0.0883. The fourth-order valence-electron chi connectivity index (χ4n) is 7.25. The Hall–Kier alpha value is -1.59. The van der Waals surface area contributed by atoms with Crippen molar-refractivity contribution < 1.29 is 19.4 Å². The van der Waals surface area contributed by atoms with Crippen LogP contribution in [0.15, 0.2) is 12.1 Å². The number of ketones is 1. The molecule has 0 amide bonds. The number of rotatable bonds is 3. The molecule has 2 bridgehead atoms. The lowest BCUT2D eigenvalue weighted by atomic mass is 9.46. The standard InChI is InChI=1S/C23H27NO4/c1-27-15-5-4-14-10-16-23(26)12-21(6-7-21)19(25)20-22(23,17(14)18(15)28-20)8-9-24(16)11-13-2-3-13/h4-5,13,16,20,26H,2-3,6-12H2,1H3/t16-,20+,22+,23-/m1/s1. The van der Waals surface area contributed by atoms with Gasteiger partial charge in [-0.05, 0) is 69.0 Å². The zero-order chi connectivity index (χ0) is 18.9. The summed E-state index contributed by atoms with van der Waals surface area (Å²) in [5, 5.41) is 12.5. The van der Waals surface area contributed by atoms with Crippen LogP contribution < -0.4 is 9.47 Å². The van der Waals surface area contributed by atoms with E-state index >= 15 is 0 Å². The number of aliphatic hydroxyl groups is 1. The SMILES string of the molecule is COc1ccc2c3c1O[C@H]1C(=O)C4(CC4)C[C@@]4(O)[C@@H](C2)N(CC2CC2)CC[C@]314. The molecular weight excluding hydrogens is 354 g/mol. The average Bonchev–Trinajstić information content (AvgIpc) is 3.59. The predicted octanol–water partition coefficient (Wildman–Crippen LogP) is 2.22. The number of nitrogens with zero attached hydrogens (tertiary/aromatic N) is 1. The molecule has 5 nitrogen and oxygen atoms in total. The Morgan fingerprint density at radius 3 is 2.82 bits per heavy atom. The summed E-state index contributed by atoms with van der Waals surface area (Å²) in [6, 6.07) is 4.21. The van der Waals surface area contributed by atoms with E-state index in [0.29, 0.717) is 12.2 Å². The van der Waals surface area contributed by atoms with E-state index in [1.54, 1.807) is 7.11 Å². The Balaban J connectivity index is 1.47. The Morgan fingerprint density at radius 1 is 1.29 bits per heavy atom. The number of hydrogen-bond donors (Lipinski definition) is 1. The van der Waals surface area contributed by atoms with Crippen LogP contribution in [0.25, 0.3) is 0 Å². The first-order valence-electron chi connectivity index (χ1n) is 10.9. The molecule has 28 heavy (non-hydrogen) atoms. The van der Waals surface area contributed by atoms with Gasteiger partial charge in [0, 0.05) is 23.6 Å². The van der Waals surface area contributed by atoms with Crippen LogP contribution >= 0.6 is 0 Å². The second-order valence-electron chi connectivity index (χ2n) is 10.3. The molecule has 0 unspecified atom stereocenters. The van der Waals surface area contributed by atoms with Crippen LogP contribution in [-0.2, 0) is 16.6 Å². The highest BCUT2D eigenvalue weighted by Gasteiger charge is 2.79. The second-order valence-corrected chi connectivity index (χ2v) is 10.3. The number of benzene rings is 1. The maximum atomic E-state index is 13.6. The van der Waals surface area contributed by atoms with Gasteiger partial charge in [-0.3, -0.25) is 9.69 Å². The van der Waals surface area contributed by atoms with Gasteiger partial charge in [0.1, 0.15) is 0 Å². The lowest BCUT2D eigenvalue weighted by molar-refractivity contribution is -0.200. The van der Waals surface area contributed by atoms with Gasteiger partial charge in [0.2, 0.25) is 0 Å². The van der Waals surface area contributed by atoms with Gasteiger partial charge < -0.3 is 14.6 Å². The number of carbonyl (C=O) groups excluding carboxylic acids is 1. The van der Waals surface area contributed by atoms with Crippen LogP contribution in [0.4, 0.5) is 0 Å². The monoisotopic (exact) mass is 381 g/mol. The highest BCUT2D eigenvalue weighted by atomic mass is 16.5. The molecule has 2 spiro atoms. The summed E-state index contributed by atoms with van der Waals surface area (Å²) < 4.78 is 12.0. The number of piperidine rings is 1. The third-order valence-corrected chi connectivity index (χ3v) is 8.94. The first kappa shape index (κ1) is 16.2. The maximum absolute atomic E-state index is 13.6. The Labute approximate surface area is 165 Å². The van der Waals surface area contributed by atoms with Crippen molar-refractivity contribution in [2.75, 3.05) is 20.2 Å². The molecule has 1 saturated heterocycles. The summed E-state index contributed by atoms with van der Waals surface area (Å²) in [6.07, 6.45) is 6.15. The molecule has 148 valence electrons. The summed E-state index contributed by atoms with van der Waals surface area (Å²) in [4.78, 5) is 16.1. The van der Waals surface area contributed by atoms with Crippen molar-refractivity contribution in [3.63, 3.8) is 0 Å². The van der Waals surface area contributed by atoms with Gasteiger partial charge in [0.05, 0.1) is 18.1 Å². The molecule has 2 heterocycles. The minimum Gasteiger partial charge on any atom is -0.493 e. The summed E-state index contributed by atoms with van der Waals surface area (Å²) in [7, 11) is 1.65. The van der Waals surface area contributed by atoms with Gasteiger partial charge in [-0.15, -0.1) is 0 Å². The smallest absolute Gasteiger partial charge is 0.180 e. The van der Waals surface area contributed by atoms with Crippen molar-refractivity contribution in [1.82, 2.24) is 4.90 Å². The van der Waals surface area contributed by atoms with Crippen LogP contribution in [-0.4, -0.2) is 53.7 Å². The molecule has 2 aliphatic heterocycles. The average molecular weight is 381 g/mol. The zero-order valence-corrected chi connectivity index (χ0v) is 16.4. The van der Waals surface area contributed by atoms with E-state index in [0.717, 1.165) is 56.0 Å². The molecule has 4 fully saturated rings. The van der Waals surface area contributed by atoms with Crippen molar-refractivity contribution in [2.24, 2.45) is 11.3 Å². The fourth-order valence-corrected chi connectivity index (χ4v) is 7.25. The normalized spacial score (nSPS) is 41.6. The molecule has 1 aromatic carbocycles. The van der Waals surface area contributed by atoms with Crippen LogP contribution in [0, 0.1) is 11.3 Å². The van der Waals surface area contributed by atoms with Crippen LogP contribution in [0.3, 0.4) is 0 Å². The van der Waals surface area contributed by atoms with E-state index in [-0.39, 0.29) is 17.2 Å². The highest BCUT2D eigenvalue weighted by Crippen LogP contribution is 2.71. The largest absolute Gasteiger partial charge is 0.493 e. The molecule has 4 atom stereocenters. The number of Topliss-reactive ketones (excluding diaryl/α,β-unsaturated/α-hetero) is 1. The Bertz CT molecular complexity index is 919. The van der Waals surface area contributed by atoms with Gasteiger partial charge in [-0.2, -0.15) is 0 Å². The highest BCUT2D eigenvalue weighted by molar-refractivity contribution is 5.96. The summed E-state index contributed by atoms with van der Waals surface area (Å²) in [6.45, 7) is 2.04. The molecule has 5 heteroatoms. The molecule has 6 aliphatic rings. The van der Waals surface area contributed by atoms with E-state index in [1.165, 1.54) is 18.4 Å². The molecule has 0 aromatic heterocycles. The van der Waals surface area contributed by atoms with E-state index in [1.807, 2.05) is 6.07 Å². The number of hydrogen-bond acceptors (Lipinski definition) is 5. The summed E-state index contributed by atoms with van der Waals surface area (Å²) in [5.74, 6) is 2.45. The Morgan fingerprint density at radius 2 is 2.11 bits per heavy atom. The van der Waals surface area contributed by atoms with Gasteiger partial charge in [0.15, 0.2) is 23.4 Å². The predicted molar refractivity (Wildman–Crippen MR) is 102 cm³/mol. The van der Waals surface area contributed by atoms with Gasteiger partial charge >= 0.3 is 0 Å². The van der Waals surface area contributed by atoms with Crippen molar-refractivity contribution >= 4 is 5.78 Å². The maximum Gasteiger partial charge on any atom is 0.180 e. The number of likely N-dealkylation sites (tertiary alicyclic amines) is 1. The third-order valence-electron chi connectivity index (χ3n) is 8.94. The first-order valence-corrected chi connectivity index (χ1v) is 10.9. The van der Waals surface area contributed by atoms with Crippen molar-refractivity contribution in [3.05, 3.63) is 23.3 Å². The lowest BCUT2D eigenvalue weighted by Gasteiger charge is -2.64. The lowest BCUT2D eigenvalue weighted by Crippen LogP contribution is -2.78. The van der Waals surface area contributed by atoms with E-state index in [4.69, 9.17) is 9.47 Å². The minimum atomic E-state index is -0.889. The summed E-state index contributed by atoms with van der Waals surface area (Å²) >= 11 is 0. The van der Waals surface area contributed by atoms with Gasteiger partial charge in [-0.25, -0.2) is 0 Å². The molecular formula is C23H27NO4. The second kappa shape index (κ2) is 4.76. The van der Waals surface area contributed by atoms with Gasteiger partial charge in [0.25, 0.3) is 0 Å². The fraction of sp³-hybridized carbons (Fsp3) is 0.696. The van der Waals surface area contributed by atoms with E-state index in [9.17, 15) is 9.90 Å². The summed E-state index contributed by atoms with van der Waals surface area (Å²) in [5.41, 5.74) is 0.495. The third kappa shape index (κ3) is 1.64. The molecule has 7 rings (SSSR count). The Kier molecular flexibility index (Phi) is 2.76. The molecule has 0 radical (unpaired) electrons. The van der Waals surface area contributed by atoms with Crippen LogP contribution in [0.1, 0.15) is 49.7 Å². The number of methoxy groups -OCH3 is 1. The topological polar surface area (TPSA) is 59.0 Å². The first-order chi connectivity index (χ1) is 13.5. The molecule has 4 aliphatic carbocycles. The zero-order valence-electron chi connectivity index (χ0n) is 16.4. The number of carbonyl (C=O) groups is 1. The molecule has 1 N–H and O–H groups in total. The quantitative estimate of drug-likeness (QED) is 0.870. The molecule has 1 aromatic rings. The number of ether oxygens (including phenoxy) is 2. The van der Waals surface area contributed by atoms with Crippen molar-refractivity contribution in [2.45, 2.75) is 68.1 Å². The molecule has 3 saturated carbocycles. The van der Waals surface area contributed by atoms with E-state index in [2.05, 4.69) is 11.0 Å². The van der Waals surface area contributed by atoms with Crippen molar-refractivity contribution in [3.8, 4) is 11.5 Å². The van der Waals surface area contributed by atoms with Gasteiger partial charge in [-0.1, -0.05) is 6.07 Å². The van der Waals surface area contributed by atoms with E-state index < -0.39 is 17.1 Å². The van der Waals surface area contributed by atoms with Crippen LogP contribution in [0.2, 0.25) is 0 Å². The van der Waals surface area contributed by atoms with Crippen molar-refractivity contribution in [1.29, 1.82) is 0 Å². The van der Waals surface area contributed by atoms with Crippen LogP contribution in [0.5, 0.6) is 11.5 Å².